The number of hydrogen-bond acceptors (Lipinski definition) is 4. The van der Waals surface area contributed by atoms with Crippen LogP contribution >= 0.6 is 0 Å². The average Bonchev–Trinajstić information content (AvgIpc) is 2.67. The highest BCUT2D eigenvalue weighted by atomic mass is 16.2. The number of pyridine rings is 1. The highest BCUT2D eigenvalue weighted by molar-refractivity contribution is 5.99. The van der Waals surface area contributed by atoms with Gasteiger partial charge >= 0.3 is 0 Å². The zero-order chi connectivity index (χ0) is 17.6. The number of anilines is 1. The van der Waals surface area contributed by atoms with Crippen LogP contribution in [0.15, 0.2) is 18.3 Å². The van der Waals surface area contributed by atoms with Crippen molar-refractivity contribution in [3.05, 3.63) is 23.9 Å². The van der Waals surface area contributed by atoms with E-state index in [1.54, 1.807) is 0 Å². The molecule has 3 rings (SSSR count). The van der Waals surface area contributed by atoms with Crippen molar-refractivity contribution in [3.8, 4) is 0 Å². The highest BCUT2D eigenvalue weighted by Crippen LogP contribution is 2.26. The van der Waals surface area contributed by atoms with Crippen LogP contribution in [-0.4, -0.2) is 67.5 Å². The highest BCUT2D eigenvalue weighted by Gasteiger charge is 2.27. The molecule has 3 heterocycles. The molecule has 0 aliphatic carbocycles. The van der Waals surface area contributed by atoms with Crippen molar-refractivity contribution in [2.45, 2.75) is 38.5 Å². The lowest BCUT2D eigenvalue weighted by atomic mass is 9.93. The van der Waals surface area contributed by atoms with E-state index in [9.17, 15) is 4.79 Å². The maximum absolute atomic E-state index is 13.1. The van der Waals surface area contributed by atoms with Crippen LogP contribution in [0.5, 0.6) is 0 Å². The Morgan fingerprint density at radius 2 is 1.88 bits per heavy atom. The van der Waals surface area contributed by atoms with Gasteiger partial charge in [-0.05, 0) is 77.2 Å². The third-order valence-electron chi connectivity index (χ3n) is 5.56. The molecule has 0 N–H and O–H groups in total. The molecule has 2 aliphatic heterocycles. The van der Waals surface area contributed by atoms with Crippen LogP contribution in [0.2, 0.25) is 0 Å². The summed E-state index contributed by atoms with van der Waals surface area (Å²) in [4.78, 5) is 24.2. The van der Waals surface area contributed by atoms with Gasteiger partial charge in [0.05, 0.1) is 5.56 Å². The summed E-state index contributed by atoms with van der Waals surface area (Å²) in [6, 6.07) is 3.85. The Bertz CT molecular complexity index is 561. The Balaban J connectivity index is 1.62. The number of hydrogen-bond donors (Lipinski definition) is 0. The predicted molar refractivity (Wildman–Crippen MR) is 102 cm³/mol. The van der Waals surface area contributed by atoms with Crippen molar-refractivity contribution in [2.24, 2.45) is 5.92 Å². The summed E-state index contributed by atoms with van der Waals surface area (Å²) in [5.74, 6) is 1.81. The van der Waals surface area contributed by atoms with E-state index in [-0.39, 0.29) is 5.91 Å². The molecule has 5 heteroatoms. The second kappa shape index (κ2) is 8.65. The Morgan fingerprint density at radius 3 is 2.56 bits per heavy atom. The number of likely N-dealkylation sites (tertiary alicyclic amines) is 1. The number of nitrogens with zero attached hydrogens (tertiary/aromatic N) is 4. The predicted octanol–water partition coefficient (Wildman–Crippen LogP) is 2.88. The van der Waals surface area contributed by atoms with Gasteiger partial charge in [0.25, 0.3) is 5.91 Å². The van der Waals surface area contributed by atoms with E-state index in [2.05, 4.69) is 28.9 Å². The third kappa shape index (κ3) is 4.72. The van der Waals surface area contributed by atoms with E-state index in [1.807, 2.05) is 23.2 Å². The molecule has 0 bridgehead atoms. The zero-order valence-electron chi connectivity index (χ0n) is 15.8. The number of carbonyl (C=O) groups excluding carboxylic acids is 1. The molecular formula is C20H32N4O. The van der Waals surface area contributed by atoms with Crippen molar-refractivity contribution in [1.82, 2.24) is 14.8 Å². The summed E-state index contributed by atoms with van der Waals surface area (Å²) in [6.07, 6.45) is 8.98. The van der Waals surface area contributed by atoms with Crippen molar-refractivity contribution < 1.29 is 4.79 Å². The van der Waals surface area contributed by atoms with E-state index in [0.29, 0.717) is 0 Å². The summed E-state index contributed by atoms with van der Waals surface area (Å²) in [6.45, 7) is 4.94. The maximum atomic E-state index is 13.1. The fourth-order valence-corrected chi connectivity index (χ4v) is 3.96. The van der Waals surface area contributed by atoms with Crippen LogP contribution < -0.4 is 4.90 Å². The molecule has 0 radical (unpaired) electrons. The van der Waals surface area contributed by atoms with Crippen LogP contribution in [0.3, 0.4) is 0 Å². The fraction of sp³-hybridized carbons (Fsp3) is 0.700. The molecule has 0 aromatic carbocycles. The molecule has 0 saturated carbocycles. The Kier molecular flexibility index (Phi) is 6.29. The molecular weight excluding hydrogens is 312 g/mol. The molecule has 1 aromatic rings. The Labute approximate surface area is 152 Å². The number of amides is 1. The van der Waals surface area contributed by atoms with E-state index >= 15 is 0 Å². The van der Waals surface area contributed by atoms with Gasteiger partial charge in [-0.3, -0.25) is 4.79 Å². The van der Waals surface area contributed by atoms with Crippen LogP contribution in [0.4, 0.5) is 5.82 Å². The first kappa shape index (κ1) is 18.2. The van der Waals surface area contributed by atoms with E-state index in [1.165, 1.54) is 25.7 Å². The van der Waals surface area contributed by atoms with Gasteiger partial charge in [0.1, 0.15) is 5.82 Å². The van der Waals surface area contributed by atoms with Crippen LogP contribution in [0.25, 0.3) is 0 Å². The molecule has 0 unspecified atom stereocenters. The summed E-state index contributed by atoms with van der Waals surface area (Å²) < 4.78 is 0. The summed E-state index contributed by atoms with van der Waals surface area (Å²) in [7, 11) is 4.26. The van der Waals surface area contributed by atoms with Gasteiger partial charge in [0.2, 0.25) is 0 Å². The van der Waals surface area contributed by atoms with Gasteiger partial charge in [0, 0.05) is 32.4 Å². The lowest BCUT2D eigenvalue weighted by Crippen LogP contribution is -2.40. The molecule has 1 aromatic heterocycles. The molecule has 2 saturated heterocycles. The molecule has 25 heavy (non-hydrogen) atoms. The first-order valence-corrected chi connectivity index (χ1v) is 9.79. The number of piperidine rings is 2. The first-order chi connectivity index (χ1) is 12.1. The minimum Gasteiger partial charge on any atom is -0.356 e. The zero-order valence-corrected chi connectivity index (χ0v) is 15.8. The van der Waals surface area contributed by atoms with Crippen LogP contribution in [0, 0.1) is 5.92 Å². The quantitative estimate of drug-likeness (QED) is 0.823. The van der Waals surface area contributed by atoms with E-state index in [4.69, 9.17) is 0 Å². The minimum atomic E-state index is 0.166. The largest absolute Gasteiger partial charge is 0.356 e. The van der Waals surface area contributed by atoms with Crippen molar-refractivity contribution in [3.63, 3.8) is 0 Å². The molecule has 1 amide bonds. The molecule has 5 nitrogen and oxygen atoms in total. The number of rotatable bonds is 5. The molecule has 0 atom stereocenters. The number of aromatic nitrogens is 1. The van der Waals surface area contributed by atoms with Crippen molar-refractivity contribution in [1.29, 1.82) is 0 Å². The Hall–Kier alpha value is -1.62. The van der Waals surface area contributed by atoms with Crippen molar-refractivity contribution in [2.75, 3.05) is 51.7 Å². The smallest absolute Gasteiger partial charge is 0.257 e. The standard InChI is InChI=1S/C20H32N4O/c1-22(2)14-8-17-9-15-24(16-10-17)20(25)18-7-6-11-21-19(18)23-12-4-3-5-13-23/h6-7,11,17H,3-5,8-10,12-16H2,1-2H3. The average molecular weight is 345 g/mol. The lowest BCUT2D eigenvalue weighted by molar-refractivity contribution is 0.0683. The normalized spacial score (nSPS) is 19.5. The maximum Gasteiger partial charge on any atom is 0.257 e. The minimum absolute atomic E-state index is 0.166. The third-order valence-corrected chi connectivity index (χ3v) is 5.56. The second-order valence-corrected chi connectivity index (χ2v) is 7.75. The number of carbonyl (C=O) groups is 1. The van der Waals surface area contributed by atoms with Crippen LogP contribution in [0.1, 0.15) is 48.9 Å². The van der Waals surface area contributed by atoms with Gasteiger partial charge in [-0.1, -0.05) is 0 Å². The summed E-state index contributed by atoms with van der Waals surface area (Å²) in [5.41, 5.74) is 0.788. The fourth-order valence-electron chi connectivity index (χ4n) is 3.96. The molecule has 2 aliphatic rings. The van der Waals surface area contributed by atoms with Gasteiger partial charge in [-0.25, -0.2) is 4.98 Å². The summed E-state index contributed by atoms with van der Waals surface area (Å²) in [5, 5.41) is 0. The Morgan fingerprint density at radius 1 is 1.16 bits per heavy atom. The van der Waals surface area contributed by atoms with Gasteiger partial charge < -0.3 is 14.7 Å². The topological polar surface area (TPSA) is 39.7 Å². The molecule has 2 fully saturated rings. The molecule has 138 valence electrons. The van der Waals surface area contributed by atoms with Gasteiger partial charge in [-0.15, -0.1) is 0 Å². The van der Waals surface area contributed by atoms with E-state index < -0.39 is 0 Å². The first-order valence-electron chi connectivity index (χ1n) is 9.79. The SMILES string of the molecule is CN(C)CCC1CCN(C(=O)c2cccnc2N2CCCCC2)CC1. The second-order valence-electron chi connectivity index (χ2n) is 7.75. The van der Waals surface area contributed by atoms with Gasteiger partial charge in [0.15, 0.2) is 0 Å². The van der Waals surface area contributed by atoms with Crippen molar-refractivity contribution >= 4 is 11.7 Å². The van der Waals surface area contributed by atoms with E-state index in [0.717, 1.165) is 62.9 Å². The monoisotopic (exact) mass is 344 g/mol. The lowest BCUT2D eigenvalue weighted by Gasteiger charge is -2.34. The van der Waals surface area contributed by atoms with Gasteiger partial charge in [-0.2, -0.15) is 0 Å². The summed E-state index contributed by atoms with van der Waals surface area (Å²) >= 11 is 0. The van der Waals surface area contributed by atoms with Crippen LogP contribution in [-0.2, 0) is 0 Å². The molecule has 0 spiro atoms.